The highest BCUT2D eigenvalue weighted by atomic mass is 16.3. The van der Waals surface area contributed by atoms with Gasteiger partial charge in [-0.25, -0.2) is 0 Å². The average Bonchev–Trinajstić information content (AvgIpc) is 2.88. The van der Waals surface area contributed by atoms with E-state index in [1.54, 1.807) is 0 Å². The molecule has 1 heteroatoms. The SMILES string of the molecule is C=C[C@]1(C)C[C@@H](O)[C@@]2(C)C3CCC[C@@]3(CC[C@H]2C)[C@@H](C)C1. The second-order valence-corrected chi connectivity index (χ2v) is 9.17. The van der Waals surface area contributed by atoms with E-state index in [1.807, 2.05) is 0 Å². The quantitative estimate of drug-likeness (QED) is 0.659. The molecule has 120 valence electrons. The molecule has 0 aromatic carbocycles. The van der Waals surface area contributed by atoms with Crippen LogP contribution in [-0.2, 0) is 0 Å². The first kappa shape index (κ1) is 15.6. The van der Waals surface area contributed by atoms with E-state index in [4.69, 9.17) is 0 Å². The Morgan fingerprint density at radius 3 is 2.43 bits per heavy atom. The number of allylic oxidation sites excluding steroid dienone is 1. The van der Waals surface area contributed by atoms with E-state index in [2.05, 4.69) is 40.3 Å². The molecule has 3 aliphatic rings. The van der Waals surface area contributed by atoms with E-state index in [0.29, 0.717) is 11.3 Å². The lowest BCUT2D eigenvalue weighted by molar-refractivity contribution is -0.160. The van der Waals surface area contributed by atoms with Gasteiger partial charge in [-0.05, 0) is 72.5 Å². The van der Waals surface area contributed by atoms with Crippen molar-refractivity contribution in [3.63, 3.8) is 0 Å². The molecule has 0 amide bonds. The second-order valence-electron chi connectivity index (χ2n) is 9.17. The number of hydrogen-bond donors (Lipinski definition) is 1. The minimum absolute atomic E-state index is 0.0950. The number of aliphatic hydroxyl groups excluding tert-OH is 1. The first-order valence-electron chi connectivity index (χ1n) is 9.10. The van der Waals surface area contributed by atoms with Crippen molar-refractivity contribution in [1.29, 1.82) is 0 Å². The summed E-state index contributed by atoms with van der Waals surface area (Å²) in [5, 5.41) is 11.2. The van der Waals surface area contributed by atoms with Crippen molar-refractivity contribution >= 4 is 0 Å². The number of hydrogen-bond acceptors (Lipinski definition) is 1. The Labute approximate surface area is 131 Å². The van der Waals surface area contributed by atoms with Crippen LogP contribution in [0.1, 0.15) is 72.6 Å². The van der Waals surface area contributed by atoms with Crippen molar-refractivity contribution in [3.05, 3.63) is 12.7 Å². The first-order valence-corrected chi connectivity index (χ1v) is 9.10. The predicted molar refractivity (Wildman–Crippen MR) is 89.0 cm³/mol. The van der Waals surface area contributed by atoms with Gasteiger partial charge in [-0.3, -0.25) is 0 Å². The molecule has 1 unspecified atom stereocenters. The zero-order valence-electron chi connectivity index (χ0n) is 14.5. The largest absolute Gasteiger partial charge is 0.393 e. The highest BCUT2D eigenvalue weighted by molar-refractivity contribution is 5.13. The van der Waals surface area contributed by atoms with Crippen molar-refractivity contribution in [2.45, 2.75) is 78.7 Å². The molecular formula is C20H34O. The Kier molecular flexibility index (Phi) is 3.60. The molecule has 3 aliphatic carbocycles. The van der Waals surface area contributed by atoms with Crippen LogP contribution in [-0.4, -0.2) is 11.2 Å². The summed E-state index contributed by atoms with van der Waals surface area (Å²) in [6.45, 7) is 13.7. The third kappa shape index (κ3) is 1.99. The second kappa shape index (κ2) is 4.85. The maximum absolute atomic E-state index is 11.2. The van der Waals surface area contributed by atoms with E-state index >= 15 is 0 Å². The van der Waals surface area contributed by atoms with E-state index in [9.17, 15) is 5.11 Å². The number of rotatable bonds is 1. The Hall–Kier alpha value is -0.300. The van der Waals surface area contributed by atoms with Gasteiger partial charge in [-0.15, -0.1) is 6.58 Å². The van der Waals surface area contributed by atoms with Crippen molar-refractivity contribution < 1.29 is 5.11 Å². The summed E-state index contributed by atoms with van der Waals surface area (Å²) < 4.78 is 0. The monoisotopic (exact) mass is 290 g/mol. The predicted octanol–water partition coefficient (Wildman–Crippen LogP) is 5.19. The summed E-state index contributed by atoms with van der Waals surface area (Å²) >= 11 is 0. The van der Waals surface area contributed by atoms with E-state index in [0.717, 1.165) is 18.3 Å². The standard InChI is InChI=1S/C20H34O/c1-6-18(4)12-15(3)20-10-7-8-16(20)19(5,17(21)13-18)14(2)9-11-20/h6,14-17,21H,1,7-13H2,2-5H3/t14-,15+,16?,17-,18+,19-,20-/m1/s1. The molecule has 3 saturated carbocycles. The molecule has 0 heterocycles. The zero-order chi connectivity index (χ0) is 15.5. The molecule has 0 aromatic rings. The van der Waals surface area contributed by atoms with Gasteiger partial charge in [0.05, 0.1) is 6.10 Å². The van der Waals surface area contributed by atoms with Gasteiger partial charge in [0, 0.05) is 0 Å². The summed E-state index contributed by atoms with van der Waals surface area (Å²) in [7, 11) is 0. The van der Waals surface area contributed by atoms with Crippen LogP contribution in [0.2, 0.25) is 0 Å². The molecule has 0 radical (unpaired) electrons. The maximum atomic E-state index is 11.2. The molecule has 0 aromatic heterocycles. The third-order valence-electron chi connectivity index (χ3n) is 8.31. The molecule has 1 N–H and O–H groups in total. The average molecular weight is 290 g/mol. The first-order chi connectivity index (χ1) is 9.78. The van der Waals surface area contributed by atoms with Crippen LogP contribution in [0.15, 0.2) is 12.7 Å². The Morgan fingerprint density at radius 1 is 1.05 bits per heavy atom. The van der Waals surface area contributed by atoms with E-state index in [1.165, 1.54) is 38.5 Å². The van der Waals surface area contributed by atoms with Gasteiger partial charge in [0.2, 0.25) is 0 Å². The molecule has 0 spiro atoms. The lowest BCUT2D eigenvalue weighted by atomic mass is 9.44. The van der Waals surface area contributed by atoms with E-state index < -0.39 is 0 Å². The fourth-order valence-electron chi connectivity index (χ4n) is 6.68. The highest BCUT2D eigenvalue weighted by Crippen LogP contribution is 2.68. The zero-order valence-corrected chi connectivity index (χ0v) is 14.5. The van der Waals surface area contributed by atoms with Crippen molar-refractivity contribution in [1.82, 2.24) is 0 Å². The molecule has 0 aliphatic heterocycles. The summed E-state index contributed by atoms with van der Waals surface area (Å²) in [6, 6.07) is 0. The summed E-state index contributed by atoms with van der Waals surface area (Å²) in [4.78, 5) is 0. The van der Waals surface area contributed by atoms with Gasteiger partial charge in [0.25, 0.3) is 0 Å². The molecule has 2 bridgehead atoms. The number of aliphatic hydroxyl groups is 1. The third-order valence-corrected chi connectivity index (χ3v) is 8.31. The molecule has 0 saturated heterocycles. The van der Waals surface area contributed by atoms with Crippen molar-refractivity contribution in [2.24, 2.45) is 34.0 Å². The summed E-state index contributed by atoms with van der Waals surface area (Å²) in [5.41, 5.74) is 0.693. The minimum Gasteiger partial charge on any atom is -0.393 e. The fourth-order valence-corrected chi connectivity index (χ4v) is 6.68. The van der Waals surface area contributed by atoms with Crippen molar-refractivity contribution in [2.75, 3.05) is 0 Å². The van der Waals surface area contributed by atoms with Crippen LogP contribution in [0.25, 0.3) is 0 Å². The smallest absolute Gasteiger partial charge is 0.0607 e. The van der Waals surface area contributed by atoms with Gasteiger partial charge in [-0.2, -0.15) is 0 Å². The van der Waals surface area contributed by atoms with Gasteiger partial charge in [-0.1, -0.05) is 40.2 Å². The highest BCUT2D eigenvalue weighted by Gasteiger charge is 2.62. The van der Waals surface area contributed by atoms with Crippen LogP contribution >= 0.6 is 0 Å². The lowest BCUT2D eigenvalue weighted by Gasteiger charge is -2.61. The minimum atomic E-state index is -0.175. The molecular weight excluding hydrogens is 256 g/mol. The van der Waals surface area contributed by atoms with Gasteiger partial charge in [0.15, 0.2) is 0 Å². The van der Waals surface area contributed by atoms with Gasteiger partial charge >= 0.3 is 0 Å². The Balaban J connectivity index is 2.10. The van der Waals surface area contributed by atoms with Crippen LogP contribution in [0.4, 0.5) is 0 Å². The van der Waals surface area contributed by atoms with Crippen molar-refractivity contribution in [3.8, 4) is 0 Å². The lowest BCUT2D eigenvalue weighted by Crippen LogP contribution is -2.57. The molecule has 1 nitrogen and oxygen atoms in total. The fraction of sp³-hybridized carbons (Fsp3) is 0.900. The normalized spacial score (nSPS) is 57.2. The van der Waals surface area contributed by atoms with Crippen LogP contribution in [0, 0.1) is 34.0 Å². The topological polar surface area (TPSA) is 20.2 Å². The van der Waals surface area contributed by atoms with Crippen LogP contribution in [0.3, 0.4) is 0 Å². The Bertz CT molecular complexity index is 430. The van der Waals surface area contributed by atoms with Crippen LogP contribution < -0.4 is 0 Å². The van der Waals surface area contributed by atoms with Gasteiger partial charge < -0.3 is 5.11 Å². The summed E-state index contributed by atoms with van der Waals surface area (Å²) in [5.74, 6) is 2.13. The molecule has 3 rings (SSSR count). The van der Waals surface area contributed by atoms with Gasteiger partial charge in [0.1, 0.15) is 0 Å². The maximum Gasteiger partial charge on any atom is 0.0607 e. The summed E-state index contributed by atoms with van der Waals surface area (Å²) in [6.07, 6.45) is 10.8. The Morgan fingerprint density at radius 2 is 1.76 bits per heavy atom. The molecule has 3 fully saturated rings. The molecule has 7 atom stereocenters. The van der Waals surface area contributed by atoms with Crippen LogP contribution in [0.5, 0.6) is 0 Å². The molecule has 21 heavy (non-hydrogen) atoms. The van der Waals surface area contributed by atoms with E-state index in [-0.39, 0.29) is 16.9 Å².